The monoisotopic (exact) mass is 798 g/mol. The summed E-state index contributed by atoms with van der Waals surface area (Å²) in [4.78, 5) is 35.2. The van der Waals surface area contributed by atoms with Crippen LogP contribution in [-0.4, -0.2) is 99.8 Å². The molecule has 4 aromatic rings. The van der Waals surface area contributed by atoms with Crippen LogP contribution in [0.15, 0.2) is 30.3 Å². The number of para-hydroxylation sites is 1. The third-order valence-electron chi connectivity index (χ3n) is 13.4. The Morgan fingerprint density at radius 3 is 2.61 bits per heavy atom. The molecule has 10 rings (SSSR count). The van der Waals surface area contributed by atoms with Gasteiger partial charge >= 0.3 is 11.9 Å². The number of aromatic hydroxyl groups is 1. The molecule has 6 aliphatic rings. The number of nitrogens with zero attached hydrogens (tertiary/aromatic N) is 2. The average molecular weight is 799 g/mol. The number of aliphatic hydroxyl groups is 2. The van der Waals surface area contributed by atoms with Gasteiger partial charge in [0.25, 0.3) is 0 Å². The third-order valence-corrected chi connectivity index (χ3v) is 14.4. The minimum atomic E-state index is -1.42. The summed E-state index contributed by atoms with van der Waals surface area (Å²) in [5, 5.41) is 39.3. The molecule has 0 radical (unpaired) electrons. The first-order valence-electron chi connectivity index (χ1n) is 19.3. The molecule has 2 bridgehead atoms. The van der Waals surface area contributed by atoms with E-state index >= 15 is 0 Å². The van der Waals surface area contributed by atoms with Crippen LogP contribution < -0.4 is 24.3 Å². The highest BCUT2D eigenvalue weighted by Gasteiger charge is 2.71. The van der Waals surface area contributed by atoms with E-state index in [0.29, 0.717) is 58.2 Å². The number of aromatic amines is 1. The van der Waals surface area contributed by atoms with Crippen LogP contribution in [0.3, 0.4) is 0 Å². The van der Waals surface area contributed by atoms with Gasteiger partial charge in [0.15, 0.2) is 23.0 Å². The number of thioether (sulfide) groups is 1. The number of phenols is 1. The van der Waals surface area contributed by atoms with Gasteiger partial charge in [-0.15, -0.1) is 0 Å². The first-order chi connectivity index (χ1) is 27.3. The largest absolute Gasteiger partial charge is 0.504 e. The van der Waals surface area contributed by atoms with Gasteiger partial charge in [-0.2, -0.15) is 11.8 Å². The molecular formula is C42H46N4O10S. The number of carbonyl (C=O) groups excluding carboxylic acids is 2. The number of carbonyl (C=O) groups is 2. The Morgan fingerprint density at radius 2 is 1.88 bits per heavy atom. The minimum absolute atomic E-state index is 0.0603. The summed E-state index contributed by atoms with van der Waals surface area (Å²) in [5.41, 5.74) is 4.80. The molecule has 14 nitrogen and oxygen atoms in total. The van der Waals surface area contributed by atoms with Crippen molar-refractivity contribution < 1.29 is 48.6 Å². The molecule has 0 saturated carbocycles. The standard InChI is InChI=1S/C42H46N4O10S/c1-18-11-24-27(34(49)35(18)52-5)32-33-39(57-6)29-28(38-37(54-17-55-38)19(2)36(29)56-20(3)48)26(46(33)42(51)15-41(24,4)45(32)16-42)14-53-40(50)31-30-23(12-21(13-47)43-31)22-9-7-8-10-25(22)44-30/h7-11,21,26,31-33,39,43-44,47,49,51H,12-17H2,1-6H3/t21-,26-,31+,32+,33?,39+,41?,42+/m0/s1. The van der Waals surface area contributed by atoms with Crippen molar-refractivity contribution in [2.45, 2.75) is 87.3 Å². The Bertz CT molecular complexity index is 2400. The van der Waals surface area contributed by atoms with Gasteiger partial charge in [-0.25, -0.2) is 4.79 Å². The van der Waals surface area contributed by atoms with Gasteiger partial charge in [0.1, 0.15) is 24.1 Å². The fourth-order valence-corrected chi connectivity index (χ4v) is 12.3. The maximum absolute atomic E-state index is 14.5. The van der Waals surface area contributed by atoms with Gasteiger partial charge in [0, 0.05) is 76.4 Å². The number of piperazine rings is 1. The number of aryl methyl sites for hydroxylation is 1. The van der Waals surface area contributed by atoms with E-state index < -0.39 is 52.6 Å². The highest BCUT2D eigenvalue weighted by molar-refractivity contribution is 7.98. The maximum atomic E-state index is 14.5. The lowest BCUT2D eigenvalue weighted by molar-refractivity contribution is -0.194. The summed E-state index contributed by atoms with van der Waals surface area (Å²) in [7, 11) is 1.55. The number of aromatic nitrogens is 1. The van der Waals surface area contributed by atoms with Gasteiger partial charge in [0.2, 0.25) is 6.79 Å². The fraction of sp³-hybridized carbons (Fsp3) is 0.476. The van der Waals surface area contributed by atoms with Crippen molar-refractivity contribution in [3.63, 3.8) is 0 Å². The number of ether oxygens (including phenoxy) is 5. The number of aliphatic hydroxyl groups excluding tert-OH is 1. The molecule has 7 heterocycles. The summed E-state index contributed by atoms with van der Waals surface area (Å²) < 4.78 is 30.5. The SMILES string of the molecule is COc1c(C)cc2c(c1O)[C@@H]1C3[C@H](SC)c4c(OC(C)=O)c(C)c5c(c4[C@H](COC(=O)[C@@H]4N[C@H](CO)Cc6c4[nH]c4ccccc64)N3[C@]3(O)CN1C2(C)C3)OCO5. The van der Waals surface area contributed by atoms with Gasteiger partial charge in [-0.05, 0) is 62.3 Å². The van der Waals surface area contributed by atoms with Crippen LogP contribution in [-0.2, 0) is 26.3 Å². The van der Waals surface area contributed by atoms with Gasteiger partial charge in [-0.3, -0.25) is 19.9 Å². The number of phenolic OH excluding ortho intramolecular Hbond substituents is 1. The summed E-state index contributed by atoms with van der Waals surface area (Å²) >= 11 is 1.55. The van der Waals surface area contributed by atoms with Crippen molar-refractivity contribution >= 4 is 34.6 Å². The second-order valence-electron chi connectivity index (χ2n) is 16.4. The van der Waals surface area contributed by atoms with Crippen LogP contribution >= 0.6 is 11.8 Å². The lowest BCUT2D eigenvalue weighted by Crippen LogP contribution is -2.66. The van der Waals surface area contributed by atoms with E-state index in [1.165, 1.54) is 6.92 Å². The van der Waals surface area contributed by atoms with E-state index in [4.69, 9.17) is 23.7 Å². The van der Waals surface area contributed by atoms with Crippen molar-refractivity contribution in [3.05, 3.63) is 75.0 Å². The molecule has 8 atom stereocenters. The zero-order valence-electron chi connectivity index (χ0n) is 32.6. The summed E-state index contributed by atoms with van der Waals surface area (Å²) in [6, 6.07) is 6.84. The van der Waals surface area contributed by atoms with E-state index in [1.54, 1.807) is 18.9 Å². The fourth-order valence-electron chi connectivity index (χ4n) is 11.3. The zero-order valence-corrected chi connectivity index (χ0v) is 33.4. The topological polar surface area (TPSA) is 175 Å². The molecule has 2 saturated heterocycles. The zero-order chi connectivity index (χ0) is 39.9. The molecular weight excluding hydrogens is 753 g/mol. The van der Waals surface area contributed by atoms with Gasteiger partial charge in [-0.1, -0.05) is 18.2 Å². The van der Waals surface area contributed by atoms with Crippen LogP contribution in [0, 0.1) is 13.8 Å². The summed E-state index contributed by atoms with van der Waals surface area (Å²) in [5.74, 6) is 0.605. The first kappa shape index (κ1) is 36.8. The summed E-state index contributed by atoms with van der Waals surface area (Å²) in [6.45, 7) is 7.01. The van der Waals surface area contributed by atoms with Crippen LogP contribution in [0.4, 0.5) is 0 Å². The average Bonchev–Trinajstić information content (AvgIpc) is 3.93. The van der Waals surface area contributed by atoms with E-state index in [9.17, 15) is 24.9 Å². The highest BCUT2D eigenvalue weighted by Crippen LogP contribution is 2.70. The van der Waals surface area contributed by atoms with Crippen molar-refractivity contribution in [2.24, 2.45) is 0 Å². The molecule has 0 amide bonds. The molecule has 2 unspecified atom stereocenters. The molecule has 6 aliphatic heterocycles. The summed E-state index contributed by atoms with van der Waals surface area (Å²) in [6.07, 6.45) is 2.82. The number of benzene rings is 3. The first-order valence-corrected chi connectivity index (χ1v) is 20.6. The third kappa shape index (κ3) is 4.90. The predicted octanol–water partition coefficient (Wildman–Crippen LogP) is 4.45. The molecule has 0 aliphatic carbocycles. The van der Waals surface area contributed by atoms with Crippen LogP contribution in [0.5, 0.6) is 28.7 Å². The molecule has 2 fully saturated rings. The number of fused-ring (bicyclic) bond motifs is 13. The number of esters is 2. The Morgan fingerprint density at radius 1 is 1.11 bits per heavy atom. The second-order valence-corrected chi connectivity index (χ2v) is 17.4. The van der Waals surface area contributed by atoms with E-state index in [0.717, 1.165) is 33.2 Å². The number of H-pyrrole nitrogens is 1. The van der Waals surface area contributed by atoms with Crippen LogP contribution in [0.2, 0.25) is 0 Å². The van der Waals surface area contributed by atoms with E-state index in [1.807, 2.05) is 44.4 Å². The Hall–Kier alpha value is -4.51. The number of hydrogen-bond acceptors (Lipinski definition) is 14. The predicted molar refractivity (Wildman–Crippen MR) is 209 cm³/mol. The lowest BCUT2D eigenvalue weighted by Gasteiger charge is -2.58. The van der Waals surface area contributed by atoms with Crippen molar-refractivity contribution in [1.82, 2.24) is 20.1 Å². The second kappa shape index (κ2) is 12.7. The quantitative estimate of drug-likeness (QED) is 0.131. The van der Waals surface area contributed by atoms with Crippen molar-refractivity contribution in [2.75, 3.05) is 39.9 Å². The number of nitrogens with one attached hydrogen (secondary N) is 2. The molecule has 300 valence electrons. The lowest BCUT2D eigenvalue weighted by atomic mass is 9.75. The van der Waals surface area contributed by atoms with Crippen LogP contribution in [0.1, 0.15) is 88.3 Å². The molecule has 15 heteroatoms. The van der Waals surface area contributed by atoms with Crippen molar-refractivity contribution in [1.29, 1.82) is 0 Å². The van der Waals surface area contributed by atoms with Crippen LogP contribution in [0.25, 0.3) is 10.9 Å². The number of hydrogen-bond donors (Lipinski definition) is 5. The van der Waals surface area contributed by atoms with E-state index in [2.05, 4.69) is 33.1 Å². The number of methoxy groups -OCH3 is 1. The molecule has 5 N–H and O–H groups in total. The normalized spacial score (nSPS) is 30.5. The molecule has 0 spiro atoms. The smallest absolute Gasteiger partial charge is 0.329 e. The maximum Gasteiger partial charge on any atom is 0.329 e. The number of rotatable bonds is 7. The Labute approximate surface area is 333 Å². The minimum Gasteiger partial charge on any atom is -0.504 e. The van der Waals surface area contributed by atoms with Gasteiger partial charge in [0.05, 0.1) is 31.1 Å². The highest BCUT2D eigenvalue weighted by atomic mass is 32.2. The molecule has 3 aromatic carbocycles. The van der Waals surface area contributed by atoms with E-state index in [-0.39, 0.29) is 38.3 Å². The van der Waals surface area contributed by atoms with Gasteiger partial charge < -0.3 is 44.0 Å². The molecule has 57 heavy (non-hydrogen) atoms. The van der Waals surface area contributed by atoms with Crippen molar-refractivity contribution in [3.8, 4) is 28.7 Å². The Balaban J connectivity index is 1.15. The molecule has 1 aromatic heterocycles. The Kier molecular flexibility index (Phi) is 8.23.